The van der Waals surface area contributed by atoms with Gasteiger partial charge in [0, 0.05) is 29.4 Å². The molecular weight excluding hydrogens is 360 g/mol. The molecular formula is C20H26N4O2S. The molecule has 0 aliphatic carbocycles. The number of carbonyl (C=O) groups is 1. The smallest absolute Gasteiger partial charge is 0.265 e. The second kappa shape index (κ2) is 9.41. The highest BCUT2D eigenvalue weighted by atomic mass is 32.1. The summed E-state index contributed by atoms with van der Waals surface area (Å²) in [6.45, 7) is 7.13. The molecule has 3 rings (SSSR count). The zero-order valence-electron chi connectivity index (χ0n) is 15.8. The molecule has 0 fully saturated rings. The van der Waals surface area contributed by atoms with Gasteiger partial charge in [0.25, 0.3) is 5.91 Å². The number of thiophene rings is 1. The summed E-state index contributed by atoms with van der Waals surface area (Å²) < 4.78 is 5.48. The fourth-order valence-electron chi connectivity index (χ4n) is 2.91. The third kappa shape index (κ3) is 5.23. The number of para-hydroxylation sites is 2. The molecule has 1 aromatic carbocycles. The van der Waals surface area contributed by atoms with Gasteiger partial charge in [-0.2, -0.15) is 0 Å². The minimum atomic E-state index is 0.00217. The first-order chi connectivity index (χ1) is 13.2. The van der Waals surface area contributed by atoms with Gasteiger partial charge in [-0.05, 0) is 44.5 Å². The molecule has 1 aliphatic rings. The fraction of sp³-hybridized carbons (Fsp3) is 0.400. The normalized spacial score (nSPS) is 13.9. The molecule has 1 aliphatic heterocycles. The Labute approximate surface area is 164 Å². The van der Waals surface area contributed by atoms with Crippen LogP contribution in [0, 0.1) is 6.92 Å². The Kier molecular flexibility index (Phi) is 6.70. The largest absolute Gasteiger partial charge is 0.482 e. The van der Waals surface area contributed by atoms with Crippen LogP contribution >= 0.6 is 11.3 Å². The molecule has 0 atom stereocenters. The first-order valence-electron chi connectivity index (χ1n) is 9.27. The molecule has 27 heavy (non-hydrogen) atoms. The zero-order valence-corrected chi connectivity index (χ0v) is 16.6. The van der Waals surface area contributed by atoms with Crippen LogP contribution in [0.2, 0.25) is 0 Å². The standard InChI is InChI=1S/C20H26N4O2S/c1-3-21-20(23-13-16-10-9-15(2)27-16)22-11-6-12-24-17-7-4-5-8-18(17)26-14-19(24)25/h4-5,7-10H,3,6,11-14H2,1-2H3,(H2,21,22,23). The lowest BCUT2D eigenvalue weighted by Crippen LogP contribution is -2.42. The van der Waals surface area contributed by atoms with Crippen molar-refractivity contribution in [1.29, 1.82) is 0 Å². The number of anilines is 1. The van der Waals surface area contributed by atoms with E-state index >= 15 is 0 Å². The lowest BCUT2D eigenvalue weighted by Gasteiger charge is -2.29. The number of benzene rings is 1. The minimum Gasteiger partial charge on any atom is -0.482 e. The first kappa shape index (κ1) is 19.2. The quantitative estimate of drug-likeness (QED) is 0.436. The molecule has 2 heterocycles. The predicted molar refractivity (Wildman–Crippen MR) is 111 cm³/mol. The van der Waals surface area contributed by atoms with Crippen LogP contribution in [-0.4, -0.2) is 38.1 Å². The highest BCUT2D eigenvalue weighted by molar-refractivity contribution is 7.11. The van der Waals surface area contributed by atoms with E-state index in [1.807, 2.05) is 24.3 Å². The number of aliphatic imine (C=N–C) groups is 1. The molecule has 0 unspecified atom stereocenters. The van der Waals surface area contributed by atoms with Crippen molar-refractivity contribution in [2.75, 3.05) is 31.1 Å². The number of hydrogen-bond acceptors (Lipinski definition) is 4. The molecule has 1 aromatic heterocycles. The SMILES string of the molecule is CCNC(=NCc1ccc(C)s1)NCCCN1C(=O)COc2ccccc21. The van der Waals surface area contributed by atoms with E-state index in [0.29, 0.717) is 13.1 Å². The molecule has 7 heteroatoms. The summed E-state index contributed by atoms with van der Waals surface area (Å²) in [5.41, 5.74) is 0.849. The van der Waals surface area contributed by atoms with Gasteiger partial charge in [-0.1, -0.05) is 12.1 Å². The molecule has 0 bridgehead atoms. The van der Waals surface area contributed by atoms with Crippen molar-refractivity contribution in [3.8, 4) is 5.75 Å². The summed E-state index contributed by atoms with van der Waals surface area (Å²) in [6.07, 6.45) is 0.822. The molecule has 0 saturated heterocycles. The van der Waals surface area contributed by atoms with E-state index < -0.39 is 0 Å². The van der Waals surface area contributed by atoms with Crippen LogP contribution in [0.15, 0.2) is 41.4 Å². The number of ether oxygens (including phenoxy) is 1. The van der Waals surface area contributed by atoms with Gasteiger partial charge < -0.3 is 20.3 Å². The monoisotopic (exact) mass is 386 g/mol. The predicted octanol–water partition coefficient (Wildman–Crippen LogP) is 2.93. The Morgan fingerprint density at radius 1 is 1.26 bits per heavy atom. The van der Waals surface area contributed by atoms with Gasteiger partial charge in [0.05, 0.1) is 12.2 Å². The number of amides is 1. The third-order valence-electron chi connectivity index (χ3n) is 4.19. The maximum absolute atomic E-state index is 12.2. The number of hydrogen-bond donors (Lipinski definition) is 2. The van der Waals surface area contributed by atoms with Gasteiger partial charge in [-0.15, -0.1) is 11.3 Å². The molecule has 0 saturated carbocycles. The van der Waals surface area contributed by atoms with Crippen LogP contribution < -0.4 is 20.3 Å². The number of fused-ring (bicyclic) bond motifs is 1. The average molecular weight is 387 g/mol. The zero-order chi connectivity index (χ0) is 19.1. The summed E-state index contributed by atoms with van der Waals surface area (Å²) in [7, 11) is 0. The van der Waals surface area contributed by atoms with Gasteiger partial charge in [0.1, 0.15) is 5.75 Å². The van der Waals surface area contributed by atoms with Gasteiger partial charge in [0.2, 0.25) is 0 Å². The Morgan fingerprint density at radius 3 is 2.89 bits per heavy atom. The molecule has 6 nitrogen and oxygen atoms in total. The summed E-state index contributed by atoms with van der Waals surface area (Å²) >= 11 is 1.77. The van der Waals surface area contributed by atoms with Crippen LogP contribution in [0.25, 0.3) is 0 Å². The Morgan fingerprint density at radius 2 is 2.11 bits per heavy atom. The first-order valence-corrected chi connectivity index (χ1v) is 10.1. The molecule has 0 spiro atoms. The Balaban J connectivity index is 1.51. The van der Waals surface area contributed by atoms with Crippen molar-refractivity contribution in [3.05, 3.63) is 46.2 Å². The van der Waals surface area contributed by atoms with E-state index in [1.54, 1.807) is 16.2 Å². The molecule has 2 aromatic rings. The average Bonchev–Trinajstić information content (AvgIpc) is 3.09. The minimum absolute atomic E-state index is 0.00217. The third-order valence-corrected chi connectivity index (χ3v) is 5.18. The van der Waals surface area contributed by atoms with Crippen LogP contribution in [0.5, 0.6) is 5.75 Å². The van der Waals surface area contributed by atoms with Crippen LogP contribution in [-0.2, 0) is 11.3 Å². The summed E-state index contributed by atoms with van der Waals surface area (Å²) in [4.78, 5) is 21.2. The molecule has 2 N–H and O–H groups in total. The topological polar surface area (TPSA) is 66.0 Å². The summed E-state index contributed by atoms with van der Waals surface area (Å²) in [6, 6.07) is 11.9. The second-order valence-electron chi connectivity index (χ2n) is 6.29. The number of nitrogens with one attached hydrogen (secondary N) is 2. The Hall–Kier alpha value is -2.54. The van der Waals surface area contributed by atoms with E-state index in [-0.39, 0.29) is 12.5 Å². The van der Waals surface area contributed by atoms with Crippen LogP contribution in [0.3, 0.4) is 0 Å². The van der Waals surface area contributed by atoms with Gasteiger partial charge in [-0.25, -0.2) is 4.99 Å². The highest BCUT2D eigenvalue weighted by Gasteiger charge is 2.24. The number of aryl methyl sites for hydroxylation is 1. The van der Waals surface area contributed by atoms with E-state index in [2.05, 4.69) is 41.6 Å². The van der Waals surface area contributed by atoms with Crippen LogP contribution in [0.1, 0.15) is 23.1 Å². The molecule has 144 valence electrons. The number of guanidine groups is 1. The molecule has 0 radical (unpaired) electrons. The van der Waals surface area contributed by atoms with E-state index in [0.717, 1.165) is 36.9 Å². The van der Waals surface area contributed by atoms with Crippen molar-refractivity contribution < 1.29 is 9.53 Å². The summed E-state index contributed by atoms with van der Waals surface area (Å²) in [5.74, 6) is 1.57. The van der Waals surface area contributed by atoms with E-state index in [9.17, 15) is 4.79 Å². The summed E-state index contributed by atoms with van der Waals surface area (Å²) in [5, 5.41) is 6.62. The van der Waals surface area contributed by atoms with Crippen molar-refractivity contribution in [1.82, 2.24) is 10.6 Å². The van der Waals surface area contributed by atoms with E-state index in [1.165, 1.54) is 9.75 Å². The second-order valence-corrected chi connectivity index (χ2v) is 7.66. The number of nitrogens with zero attached hydrogens (tertiary/aromatic N) is 2. The maximum atomic E-state index is 12.2. The van der Waals surface area contributed by atoms with Crippen molar-refractivity contribution in [2.45, 2.75) is 26.8 Å². The van der Waals surface area contributed by atoms with Crippen molar-refractivity contribution in [3.63, 3.8) is 0 Å². The van der Waals surface area contributed by atoms with Gasteiger partial charge >= 0.3 is 0 Å². The van der Waals surface area contributed by atoms with E-state index in [4.69, 9.17) is 4.74 Å². The van der Waals surface area contributed by atoms with Crippen molar-refractivity contribution >= 4 is 28.9 Å². The van der Waals surface area contributed by atoms with Crippen molar-refractivity contribution in [2.24, 2.45) is 4.99 Å². The Bertz CT molecular complexity index is 803. The lowest BCUT2D eigenvalue weighted by atomic mass is 10.2. The van der Waals surface area contributed by atoms with Gasteiger partial charge in [0.15, 0.2) is 12.6 Å². The fourth-order valence-corrected chi connectivity index (χ4v) is 3.73. The molecule has 1 amide bonds. The maximum Gasteiger partial charge on any atom is 0.265 e. The highest BCUT2D eigenvalue weighted by Crippen LogP contribution is 2.31. The lowest BCUT2D eigenvalue weighted by molar-refractivity contribution is -0.121. The van der Waals surface area contributed by atoms with Gasteiger partial charge in [-0.3, -0.25) is 4.79 Å². The van der Waals surface area contributed by atoms with Crippen LogP contribution in [0.4, 0.5) is 5.69 Å². The number of rotatable bonds is 7. The number of carbonyl (C=O) groups excluding carboxylic acids is 1.